The molecular weight excluding hydrogens is 259 g/mol. The second kappa shape index (κ2) is 39.9. The minimum Gasteiger partial charge on any atom is -0.759 e. The smallest absolute Gasteiger partial charge is 0.759 e. The molecule has 0 aliphatic heterocycles. The Bertz CT molecular complexity index is 93.3. The van der Waals surface area contributed by atoms with E-state index in [1.165, 1.54) is 0 Å². The summed E-state index contributed by atoms with van der Waals surface area (Å²) in [4.78, 5) is 0. The standard InChI is InChI=1S/H2O4S.7H2O.V/c1-5(2,3)4;;;;;;;;/h(H2,1,2,3,4);7*1H2;/q;;;;;;;;+2/p-2. The first-order valence-electron chi connectivity index (χ1n) is 0.667. The second-order valence-corrected chi connectivity index (χ2v) is 1.22. The number of hydrogen-bond donors (Lipinski definition) is 0. The van der Waals surface area contributed by atoms with E-state index in [9.17, 15) is 0 Å². The van der Waals surface area contributed by atoms with E-state index in [1.807, 2.05) is 0 Å². The Hall–Kier alpha value is 0.174. The molecule has 0 aromatic rings. The molecule has 0 aromatic heterocycles. The third kappa shape index (κ3) is 41400. The summed E-state index contributed by atoms with van der Waals surface area (Å²) in [5.74, 6) is 0. The average Bonchev–Trinajstić information content (AvgIpc) is 0.722. The summed E-state index contributed by atoms with van der Waals surface area (Å²) in [5.41, 5.74) is 0. The number of rotatable bonds is 0. The van der Waals surface area contributed by atoms with Gasteiger partial charge in [0.05, 0.1) is 0 Å². The first-order valence-corrected chi connectivity index (χ1v) is 2.00. The molecule has 0 rings (SSSR count). The number of hydrogen-bond acceptors (Lipinski definition) is 4. The van der Waals surface area contributed by atoms with E-state index in [0.29, 0.717) is 0 Å². The molecule has 0 saturated carbocycles. The topological polar surface area (TPSA) is 301 Å². The van der Waals surface area contributed by atoms with Gasteiger partial charge in [0.2, 0.25) is 0 Å². The molecule has 11 nitrogen and oxygen atoms in total. The quantitative estimate of drug-likeness (QED) is 0.306. The molecule has 0 unspecified atom stereocenters. The zero-order valence-corrected chi connectivity index (χ0v) is 8.20. The van der Waals surface area contributed by atoms with Gasteiger partial charge < -0.3 is 47.4 Å². The van der Waals surface area contributed by atoms with E-state index >= 15 is 0 Å². The Labute approximate surface area is 85.4 Å². The van der Waals surface area contributed by atoms with Gasteiger partial charge in [-0.15, -0.1) is 0 Å². The van der Waals surface area contributed by atoms with Crippen LogP contribution in [-0.2, 0) is 29.0 Å². The van der Waals surface area contributed by atoms with Gasteiger partial charge in [0.1, 0.15) is 0 Å². The molecule has 91 valence electrons. The second-order valence-electron chi connectivity index (χ2n) is 0.408. The van der Waals surface area contributed by atoms with Gasteiger partial charge in [-0.05, 0) is 0 Å². The van der Waals surface area contributed by atoms with Gasteiger partial charge in [-0.25, -0.2) is 0 Å². The predicted octanol–water partition coefficient (Wildman–Crippen LogP) is -7.11. The van der Waals surface area contributed by atoms with Gasteiger partial charge in [0.25, 0.3) is 0 Å². The zero-order valence-electron chi connectivity index (χ0n) is 5.99. The minimum atomic E-state index is -5.17. The van der Waals surface area contributed by atoms with Crippen molar-refractivity contribution in [3.05, 3.63) is 0 Å². The first-order chi connectivity index (χ1) is 2.00. The zero-order chi connectivity index (χ0) is 4.50. The molecule has 0 saturated heterocycles. The molecule has 0 amide bonds. The summed E-state index contributed by atoms with van der Waals surface area (Å²) in [6.07, 6.45) is 0. The molecule has 0 aliphatic carbocycles. The van der Waals surface area contributed by atoms with Crippen LogP contribution in [-0.4, -0.2) is 55.9 Å². The predicted molar refractivity (Wildman–Crippen MR) is 35.8 cm³/mol. The Balaban J connectivity index is -0.00000000286. The van der Waals surface area contributed by atoms with Gasteiger partial charge in [0, 0.05) is 10.4 Å². The van der Waals surface area contributed by atoms with Crippen LogP contribution in [0.3, 0.4) is 0 Å². The fourth-order valence-corrected chi connectivity index (χ4v) is 0. The largest absolute Gasteiger partial charge is 2.00 e. The van der Waals surface area contributed by atoms with Crippen LogP contribution < -0.4 is 0 Å². The van der Waals surface area contributed by atoms with Crippen molar-refractivity contribution in [1.82, 2.24) is 0 Å². The van der Waals surface area contributed by atoms with Crippen LogP contribution in [0.25, 0.3) is 0 Å². The van der Waals surface area contributed by atoms with E-state index in [4.69, 9.17) is 17.5 Å². The summed E-state index contributed by atoms with van der Waals surface area (Å²) < 4.78 is 34.1. The van der Waals surface area contributed by atoms with Gasteiger partial charge in [-0.3, -0.25) is 8.42 Å². The van der Waals surface area contributed by atoms with E-state index in [0.717, 1.165) is 0 Å². The van der Waals surface area contributed by atoms with Crippen molar-refractivity contribution >= 4 is 10.4 Å². The molecule has 13 heavy (non-hydrogen) atoms. The Morgan fingerprint density at radius 3 is 0.615 bits per heavy atom. The monoisotopic (exact) mass is 273 g/mol. The molecule has 0 bridgehead atoms. The van der Waals surface area contributed by atoms with Gasteiger partial charge >= 0.3 is 18.6 Å². The van der Waals surface area contributed by atoms with Crippen molar-refractivity contribution in [3.63, 3.8) is 0 Å². The van der Waals surface area contributed by atoms with Crippen molar-refractivity contribution in [2.24, 2.45) is 0 Å². The Morgan fingerprint density at radius 2 is 0.615 bits per heavy atom. The summed E-state index contributed by atoms with van der Waals surface area (Å²) in [7, 11) is -5.17. The fourth-order valence-electron chi connectivity index (χ4n) is 0. The van der Waals surface area contributed by atoms with E-state index in [2.05, 4.69) is 0 Å². The van der Waals surface area contributed by atoms with E-state index in [1.54, 1.807) is 0 Å². The third-order valence-corrected chi connectivity index (χ3v) is 0. The maximum absolute atomic E-state index is 8.52. The normalized spacial score (nSPS) is 4.46. The maximum Gasteiger partial charge on any atom is 2.00 e. The van der Waals surface area contributed by atoms with E-state index in [-0.39, 0.29) is 56.9 Å². The van der Waals surface area contributed by atoms with Crippen LogP contribution in [0.1, 0.15) is 0 Å². The van der Waals surface area contributed by atoms with Crippen LogP contribution in [0.15, 0.2) is 0 Å². The van der Waals surface area contributed by atoms with Crippen molar-refractivity contribution < 1.29 is 74.4 Å². The van der Waals surface area contributed by atoms with Gasteiger partial charge in [0.15, 0.2) is 0 Å². The fraction of sp³-hybridized carbons (Fsp3) is 0. The van der Waals surface area contributed by atoms with Crippen molar-refractivity contribution in [3.8, 4) is 0 Å². The summed E-state index contributed by atoms with van der Waals surface area (Å²) in [5, 5.41) is 0. The van der Waals surface area contributed by atoms with E-state index < -0.39 is 10.4 Å². The summed E-state index contributed by atoms with van der Waals surface area (Å²) in [6, 6.07) is 0. The van der Waals surface area contributed by atoms with Crippen molar-refractivity contribution in [1.29, 1.82) is 0 Å². The molecule has 0 atom stereocenters. The van der Waals surface area contributed by atoms with Crippen LogP contribution >= 0.6 is 0 Å². The Kier molecular flexibility index (Phi) is 344. The summed E-state index contributed by atoms with van der Waals surface area (Å²) >= 11 is 0. The molecule has 0 aliphatic rings. The molecule has 14 N–H and O–H groups in total. The average molecular weight is 273 g/mol. The van der Waals surface area contributed by atoms with Gasteiger partial charge in [-0.2, -0.15) is 0 Å². The van der Waals surface area contributed by atoms with Gasteiger partial charge in [-0.1, -0.05) is 0 Å². The molecule has 0 spiro atoms. The molecular formula is H14O11SV. The van der Waals surface area contributed by atoms with Crippen LogP contribution in [0.4, 0.5) is 0 Å². The van der Waals surface area contributed by atoms with Crippen molar-refractivity contribution in [2.45, 2.75) is 0 Å². The maximum atomic E-state index is 8.52. The third-order valence-electron chi connectivity index (χ3n) is 0. The molecule has 1 radical (unpaired) electrons. The minimum absolute atomic E-state index is 0. The van der Waals surface area contributed by atoms with Crippen LogP contribution in [0.5, 0.6) is 0 Å². The molecule has 0 aromatic carbocycles. The first kappa shape index (κ1) is 112. The van der Waals surface area contributed by atoms with Crippen molar-refractivity contribution in [2.75, 3.05) is 0 Å². The SMILES string of the molecule is O.O.O.O.O.O.O.O=S(=O)([O-])[O-].[V+2]. The van der Waals surface area contributed by atoms with Crippen LogP contribution in [0.2, 0.25) is 0 Å². The van der Waals surface area contributed by atoms with Crippen LogP contribution in [0, 0.1) is 0 Å². The molecule has 0 heterocycles. The molecule has 0 fully saturated rings. The Morgan fingerprint density at radius 1 is 0.615 bits per heavy atom. The molecule has 13 heteroatoms. The summed E-state index contributed by atoms with van der Waals surface area (Å²) in [6.45, 7) is 0.